The van der Waals surface area contributed by atoms with E-state index in [1.54, 1.807) is 0 Å². The highest BCUT2D eigenvalue weighted by Crippen LogP contribution is 2.19. The number of ether oxygens (including phenoxy) is 1. The first-order valence-corrected chi connectivity index (χ1v) is 8.23. The second kappa shape index (κ2) is 8.79. The summed E-state index contributed by atoms with van der Waals surface area (Å²) in [7, 11) is 3.88. The van der Waals surface area contributed by atoms with Gasteiger partial charge in [-0.1, -0.05) is 12.1 Å². The number of rotatable bonds is 7. The van der Waals surface area contributed by atoms with Crippen LogP contribution in [0.2, 0.25) is 0 Å². The van der Waals surface area contributed by atoms with Gasteiger partial charge in [-0.15, -0.1) is 0 Å². The van der Waals surface area contributed by atoms with Crippen LogP contribution in [0.5, 0.6) is 0 Å². The largest absolute Gasteiger partial charge is 0.452 e. The first-order valence-electron chi connectivity index (χ1n) is 8.23. The predicted octanol–water partition coefficient (Wildman–Crippen LogP) is 2.44. The van der Waals surface area contributed by atoms with Crippen molar-refractivity contribution in [1.29, 1.82) is 0 Å². The summed E-state index contributed by atoms with van der Waals surface area (Å²) in [5.41, 5.74) is 2.40. The number of anilines is 1. The summed E-state index contributed by atoms with van der Waals surface area (Å²) in [4.78, 5) is 36.1. The van der Waals surface area contributed by atoms with E-state index in [4.69, 9.17) is 4.74 Å². The van der Waals surface area contributed by atoms with Crippen LogP contribution in [0.1, 0.15) is 21.5 Å². The molecule has 0 atom stereocenters. The van der Waals surface area contributed by atoms with Crippen molar-refractivity contribution in [2.75, 3.05) is 25.6 Å². The van der Waals surface area contributed by atoms with E-state index in [1.165, 1.54) is 25.1 Å². The molecule has 8 heteroatoms. The maximum atomic E-state index is 12.0. The molecule has 2 rings (SSSR count). The van der Waals surface area contributed by atoms with Crippen molar-refractivity contribution >= 4 is 23.3 Å². The average Bonchev–Trinajstić information content (AvgIpc) is 2.64. The summed E-state index contributed by atoms with van der Waals surface area (Å²) in [5.74, 6) is -1.14. The molecule has 0 saturated heterocycles. The molecular weight excluding hydrogens is 350 g/mol. The Morgan fingerprint density at radius 3 is 2.37 bits per heavy atom. The maximum absolute atomic E-state index is 12.0. The fourth-order valence-electron chi connectivity index (χ4n) is 2.37. The van der Waals surface area contributed by atoms with Gasteiger partial charge in [0.05, 0.1) is 10.5 Å². The van der Waals surface area contributed by atoms with Crippen LogP contribution >= 0.6 is 0 Å². The molecule has 2 aromatic rings. The Hall–Kier alpha value is -3.42. The lowest BCUT2D eigenvalue weighted by Crippen LogP contribution is -2.28. The third-order valence-electron chi connectivity index (χ3n) is 3.91. The molecule has 0 spiro atoms. The third kappa shape index (κ3) is 5.53. The molecule has 0 aliphatic heterocycles. The average molecular weight is 371 g/mol. The van der Waals surface area contributed by atoms with Gasteiger partial charge in [0, 0.05) is 38.0 Å². The first-order chi connectivity index (χ1) is 12.8. The topological polar surface area (TPSA) is 102 Å². The number of carbonyl (C=O) groups is 2. The lowest BCUT2D eigenvalue weighted by atomic mass is 10.1. The van der Waals surface area contributed by atoms with E-state index in [0.717, 1.165) is 11.3 Å². The van der Waals surface area contributed by atoms with Gasteiger partial charge >= 0.3 is 5.97 Å². The maximum Gasteiger partial charge on any atom is 0.338 e. The number of aryl methyl sites for hydroxylation is 1. The lowest BCUT2D eigenvalue weighted by molar-refractivity contribution is -0.385. The van der Waals surface area contributed by atoms with E-state index in [0.29, 0.717) is 12.1 Å². The first kappa shape index (κ1) is 19.9. The number of carbonyl (C=O) groups excluding carboxylic acids is 2. The number of hydrogen-bond donors (Lipinski definition) is 1. The van der Waals surface area contributed by atoms with E-state index in [2.05, 4.69) is 5.32 Å². The van der Waals surface area contributed by atoms with Gasteiger partial charge in [0.2, 0.25) is 0 Å². The van der Waals surface area contributed by atoms with Crippen LogP contribution in [0.4, 0.5) is 11.4 Å². The van der Waals surface area contributed by atoms with Crippen molar-refractivity contribution in [2.24, 2.45) is 0 Å². The minimum Gasteiger partial charge on any atom is -0.452 e. The highest BCUT2D eigenvalue weighted by molar-refractivity contribution is 5.91. The predicted molar refractivity (Wildman–Crippen MR) is 101 cm³/mol. The molecule has 142 valence electrons. The molecular formula is C19H21N3O5. The summed E-state index contributed by atoms with van der Waals surface area (Å²) in [5, 5.41) is 13.5. The van der Waals surface area contributed by atoms with Gasteiger partial charge in [-0.3, -0.25) is 14.9 Å². The summed E-state index contributed by atoms with van der Waals surface area (Å²) >= 11 is 0. The summed E-state index contributed by atoms with van der Waals surface area (Å²) in [6.45, 7) is 1.43. The molecule has 8 nitrogen and oxygen atoms in total. The number of benzene rings is 2. The smallest absolute Gasteiger partial charge is 0.338 e. The van der Waals surface area contributed by atoms with E-state index in [-0.39, 0.29) is 11.3 Å². The van der Waals surface area contributed by atoms with Gasteiger partial charge in [0.1, 0.15) is 0 Å². The third-order valence-corrected chi connectivity index (χ3v) is 3.91. The fourth-order valence-corrected chi connectivity index (χ4v) is 2.37. The summed E-state index contributed by atoms with van der Waals surface area (Å²) in [6, 6.07) is 11.6. The fraction of sp³-hybridized carbons (Fsp3) is 0.263. The molecule has 1 amide bonds. The van der Waals surface area contributed by atoms with Crippen LogP contribution in [-0.4, -0.2) is 37.5 Å². The number of nitrogens with zero attached hydrogens (tertiary/aromatic N) is 2. The summed E-state index contributed by atoms with van der Waals surface area (Å²) in [6.07, 6.45) is 0. The molecule has 0 fully saturated rings. The minimum atomic E-state index is -0.710. The quantitative estimate of drug-likeness (QED) is 0.456. The van der Waals surface area contributed by atoms with Crippen molar-refractivity contribution in [3.05, 3.63) is 69.3 Å². The molecule has 27 heavy (non-hydrogen) atoms. The molecule has 0 saturated carbocycles. The van der Waals surface area contributed by atoms with Crippen LogP contribution < -0.4 is 10.2 Å². The highest BCUT2D eigenvalue weighted by Gasteiger charge is 2.15. The van der Waals surface area contributed by atoms with Gasteiger partial charge in [-0.2, -0.15) is 0 Å². The molecule has 0 heterocycles. The zero-order chi connectivity index (χ0) is 20.0. The number of nitro benzene ring substituents is 1. The number of amides is 1. The van der Waals surface area contributed by atoms with Crippen molar-refractivity contribution in [3.63, 3.8) is 0 Å². The minimum absolute atomic E-state index is 0.0791. The second-order valence-corrected chi connectivity index (χ2v) is 6.17. The van der Waals surface area contributed by atoms with Crippen LogP contribution in [0.3, 0.4) is 0 Å². The molecule has 2 aromatic carbocycles. The van der Waals surface area contributed by atoms with E-state index in [1.807, 2.05) is 43.3 Å². The normalized spacial score (nSPS) is 10.2. The van der Waals surface area contributed by atoms with Crippen molar-refractivity contribution < 1.29 is 19.2 Å². The molecule has 0 unspecified atom stereocenters. The Balaban J connectivity index is 1.83. The van der Waals surface area contributed by atoms with Crippen molar-refractivity contribution in [2.45, 2.75) is 13.5 Å². The molecule has 0 aliphatic rings. The number of esters is 1. The van der Waals surface area contributed by atoms with Crippen LogP contribution in [0.15, 0.2) is 42.5 Å². The Kier molecular flexibility index (Phi) is 6.48. The van der Waals surface area contributed by atoms with Crippen LogP contribution in [0, 0.1) is 17.0 Å². The monoisotopic (exact) mass is 371 g/mol. The molecule has 0 aliphatic carbocycles. The van der Waals surface area contributed by atoms with Gasteiger partial charge < -0.3 is 15.0 Å². The molecule has 0 radical (unpaired) electrons. The Morgan fingerprint density at radius 1 is 1.15 bits per heavy atom. The number of hydrogen-bond acceptors (Lipinski definition) is 6. The Bertz CT molecular complexity index is 847. The number of nitro groups is 1. The lowest BCUT2D eigenvalue weighted by Gasteiger charge is -2.13. The highest BCUT2D eigenvalue weighted by atomic mass is 16.6. The SMILES string of the molecule is Cc1cc(C(=O)OCC(=O)NCc2ccc(N(C)C)cc2)ccc1[N+](=O)[O-]. The zero-order valence-corrected chi connectivity index (χ0v) is 15.4. The van der Waals surface area contributed by atoms with Gasteiger partial charge in [-0.05, 0) is 36.8 Å². The molecule has 0 bridgehead atoms. The van der Waals surface area contributed by atoms with E-state index >= 15 is 0 Å². The van der Waals surface area contributed by atoms with E-state index < -0.39 is 23.4 Å². The Labute approximate surface area is 156 Å². The van der Waals surface area contributed by atoms with Gasteiger partial charge in [0.15, 0.2) is 6.61 Å². The van der Waals surface area contributed by atoms with Crippen molar-refractivity contribution in [1.82, 2.24) is 5.32 Å². The standard InChI is InChI=1S/C19H21N3O5/c1-13-10-15(6-9-17(13)22(25)26)19(24)27-12-18(23)20-11-14-4-7-16(8-5-14)21(2)3/h4-10H,11-12H2,1-3H3,(H,20,23). The van der Waals surface area contributed by atoms with Crippen molar-refractivity contribution in [3.8, 4) is 0 Å². The summed E-state index contributed by atoms with van der Waals surface area (Å²) < 4.78 is 4.96. The molecule has 0 aromatic heterocycles. The Morgan fingerprint density at radius 2 is 1.81 bits per heavy atom. The van der Waals surface area contributed by atoms with Crippen LogP contribution in [-0.2, 0) is 16.1 Å². The number of nitrogens with one attached hydrogen (secondary N) is 1. The van der Waals surface area contributed by atoms with Gasteiger partial charge in [0.25, 0.3) is 11.6 Å². The van der Waals surface area contributed by atoms with Crippen LogP contribution in [0.25, 0.3) is 0 Å². The van der Waals surface area contributed by atoms with Gasteiger partial charge in [-0.25, -0.2) is 4.79 Å². The zero-order valence-electron chi connectivity index (χ0n) is 15.4. The van der Waals surface area contributed by atoms with E-state index in [9.17, 15) is 19.7 Å². The molecule has 1 N–H and O–H groups in total. The second-order valence-electron chi connectivity index (χ2n) is 6.17.